The van der Waals surface area contributed by atoms with Gasteiger partial charge in [0.25, 0.3) is 0 Å². The van der Waals surface area contributed by atoms with E-state index in [1.54, 1.807) is 0 Å². The Morgan fingerprint density at radius 3 is 2.32 bits per heavy atom. The number of alkyl carbamates (subject to hydrolysis) is 1. The molecule has 2 rings (SSSR count). The number of benzene rings is 1. The summed E-state index contributed by atoms with van der Waals surface area (Å²) in [6.07, 6.45) is 0.648. The number of hydrogen-bond donors (Lipinski definition) is 2. The largest absolute Gasteiger partial charge is 0.444 e. The Balaban J connectivity index is 1.90. The number of ether oxygens (including phenoxy) is 1. The monoisotopic (exact) mass is 263 g/mol. The Hall–Kier alpha value is -1.55. The third-order valence-corrected chi connectivity index (χ3v) is 3.12. The number of hydrogen-bond acceptors (Lipinski definition) is 3. The first-order valence-electron chi connectivity index (χ1n) is 6.53. The summed E-state index contributed by atoms with van der Waals surface area (Å²) in [4.78, 5) is 11.6. The summed E-state index contributed by atoms with van der Waals surface area (Å²) in [7, 11) is 0. The fraction of sp³-hybridized carbons (Fsp3) is 0.533. The van der Waals surface area contributed by atoms with Crippen molar-refractivity contribution in [3.05, 3.63) is 35.4 Å². The second-order valence-corrected chi connectivity index (χ2v) is 6.20. The highest BCUT2D eigenvalue weighted by Crippen LogP contribution is 2.29. The van der Waals surface area contributed by atoms with E-state index in [0.717, 1.165) is 11.1 Å². The minimum atomic E-state index is -0.902. The van der Waals surface area contributed by atoms with Gasteiger partial charge in [0.2, 0.25) is 0 Å². The van der Waals surface area contributed by atoms with Crippen LogP contribution in [0.25, 0.3) is 0 Å². The second kappa shape index (κ2) is 4.85. The van der Waals surface area contributed by atoms with Gasteiger partial charge in [0.15, 0.2) is 0 Å². The highest BCUT2D eigenvalue weighted by molar-refractivity contribution is 5.67. The molecule has 1 amide bonds. The molecule has 1 aliphatic carbocycles. The van der Waals surface area contributed by atoms with Crippen LogP contribution in [-0.4, -0.2) is 28.9 Å². The normalized spacial score (nSPS) is 16.8. The SMILES string of the molecule is CC(C)(C)OC(=O)NCC1(O)Cc2ccccc2C1. The first kappa shape index (κ1) is 13.9. The van der Waals surface area contributed by atoms with Crippen LogP contribution in [0.2, 0.25) is 0 Å². The average molecular weight is 263 g/mol. The fourth-order valence-corrected chi connectivity index (χ4v) is 2.35. The third kappa shape index (κ3) is 3.70. The molecular weight excluding hydrogens is 242 g/mol. The van der Waals surface area contributed by atoms with Crippen LogP contribution in [-0.2, 0) is 17.6 Å². The van der Waals surface area contributed by atoms with Gasteiger partial charge in [-0.3, -0.25) is 0 Å². The van der Waals surface area contributed by atoms with Gasteiger partial charge in [0, 0.05) is 12.8 Å². The van der Waals surface area contributed by atoms with Gasteiger partial charge in [-0.25, -0.2) is 4.79 Å². The summed E-state index contributed by atoms with van der Waals surface area (Å²) in [5, 5.41) is 13.1. The van der Waals surface area contributed by atoms with Crippen LogP contribution in [0.3, 0.4) is 0 Å². The maximum absolute atomic E-state index is 11.6. The van der Waals surface area contributed by atoms with E-state index < -0.39 is 17.3 Å². The summed E-state index contributed by atoms with van der Waals surface area (Å²) >= 11 is 0. The van der Waals surface area contributed by atoms with Gasteiger partial charge in [0.1, 0.15) is 5.60 Å². The Morgan fingerprint density at radius 2 is 1.84 bits per heavy atom. The molecule has 0 aromatic heterocycles. The topological polar surface area (TPSA) is 58.6 Å². The van der Waals surface area contributed by atoms with E-state index in [2.05, 4.69) is 5.32 Å². The molecule has 19 heavy (non-hydrogen) atoms. The number of aliphatic hydroxyl groups is 1. The zero-order chi connectivity index (χ0) is 14.1. The smallest absolute Gasteiger partial charge is 0.407 e. The molecule has 0 atom stereocenters. The van der Waals surface area contributed by atoms with E-state index in [-0.39, 0.29) is 6.54 Å². The summed E-state index contributed by atoms with van der Waals surface area (Å²) in [6, 6.07) is 7.96. The van der Waals surface area contributed by atoms with E-state index >= 15 is 0 Å². The van der Waals surface area contributed by atoms with Crippen molar-refractivity contribution < 1.29 is 14.6 Å². The van der Waals surface area contributed by atoms with E-state index in [4.69, 9.17) is 4.74 Å². The number of nitrogens with one attached hydrogen (secondary N) is 1. The Morgan fingerprint density at radius 1 is 1.32 bits per heavy atom. The van der Waals surface area contributed by atoms with Gasteiger partial charge >= 0.3 is 6.09 Å². The molecule has 0 spiro atoms. The summed E-state index contributed by atoms with van der Waals surface area (Å²) in [5.74, 6) is 0. The van der Waals surface area contributed by atoms with Crippen molar-refractivity contribution in [2.45, 2.75) is 44.8 Å². The van der Waals surface area contributed by atoms with Gasteiger partial charge in [-0.2, -0.15) is 0 Å². The maximum Gasteiger partial charge on any atom is 0.407 e. The van der Waals surface area contributed by atoms with Gasteiger partial charge < -0.3 is 15.2 Å². The molecule has 0 heterocycles. The molecule has 4 nitrogen and oxygen atoms in total. The molecule has 0 saturated carbocycles. The van der Waals surface area contributed by atoms with Crippen LogP contribution in [0.4, 0.5) is 4.79 Å². The van der Waals surface area contributed by atoms with E-state index in [1.165, 1.54) is 0 Å². The van der Waals surface area contributed by atoms with Crippen LogP contribution < -0.4 is 5.32 Å². The Labute approximate surface area is 113 Å². The molecule has 0 unspecified atom stereocenters. The van der Waals surface area contributed by atoms with Crippen molar-refractivity contribution >= 4 is 6.09 Å². The van der Waals surface area contributed by atoms with Crippen LogP contribution in [0.5, 0.6) is 0 Å². The number of fused-ring (bicyclic) bond motifs is 1. The Bertz CT molecular complexity index is 452. The lowest BCUT2D eigenvalue weighted by Crippen LogP contribution is -2.45. The average Bonchev–Trinajstić information content (AvgIpc) is 2.61. The Kier molecular flexibility index (Phi) is 3.54. The first-order valence-corrected chi connectivity index (χ1v) is 6.53. The van der Waals surface area contributed by atoms with E-state index in [9.17, 15) is 9.90 Å². The minimum Gasteiger partial charge on any atom is -0.444 e. The summed E-state index contributed by atoms with van der Waals surface area (Å²) in [6.45, 7) is 5.64. The van der Waals surface area contributed by atoms with Crippen LogP contribution >= 0.6 is 0 Å². The van der Waals surface area contributed by atoms with Crippen molar-refractivity contribution in [3.63, 3.8) is 0 Å². The quantitative estimate of drug-likeness (QED) is 0.858. The molecule has 4 heteroatoms. The molecule has 2 N–H and O–H groups in total. The molecule has 0 aliphatic heterocycles. The third-order valence-electron chi connectivity index (χ3n) is 3.12. The number of carbonyl (C=O) groups is 1. The summed E-state index contributed by atoms with van der Waals surface area (Å²) < 4.78 is 5.16. The second-order valence-electron chi connectivity index (χ2n) is 6.20. The summed E-state index contributed by atoms with van der Waals surface area (Å²) in [5.41, 5.74) is 0.873. The zero-order valence-corrected chi connectivity index (χ0v) is 11.7. The molecule has 104 valence electrons. The molecule has 1 aromatic carbocycles. The molecule has 0 saturated heterocycles. The van der Waals surface area contributed by atoms with Gasteiger partial charge in [-0.15, -0.1) is 0 Å². The van der Waals surface area contributed by atoms with Crippen molar-refractivity contribution in [1.82, 2.24) is 5.32 Å². The van der Waals surface area contributed by atoms with Crippen molar-refractivity contribution in [1.29, 1.82) is 0 Å². The first-order chi connectivity index (χ1) is 8.77. The van der Waals surface area contributed by atoms with Crippen LogP contribution in [0, 0.1) is 0 Å². The van der Waals surface area contributed by atoms with Gasteiger partial charge in [-0.1, -0.05) is 24.3 Å². The number of rotatable bonds is 2. The molecule has 0 bridgehead atoms. The zero-order valence-electron chi connectivity index (χ0n) is 11.7. The molecular formula is C15H21NO3. The van der Waals surface area contributed by atoms with Crippen LogP contribution in [0.1, 0.15) is 31.9 Å². The lowest BCUT2D eigenvalue weighted by Gasteiger charge is -2.25. The fourth-order valence-electron chi connectivity index (χ4n) is 2.35. The maximum atomic E-state index is 11.6. The van der Waals surface area contributed by atoms with E-state index in [1.807, 2.05) is 45.0 Å². The lowest BCUT2D eigenvalue weighted by atomic mass is 10.0. The molecule has 0 fully saturated rings. The predicted molar refractivity (Wildman–Crippen MR) is 73.0 cm³/mol. The highest BCUT2D eigenvalue weighted by atomic mass is 16.6. The van der Waals surface area contributed by atoms with Crippen LogP contribution in [0.15, 0.2) is 24.3 Å². The molecule has 1 aliphatic rings. The van der Waals surface area contributed by atoms with Gasteiger partial charge in [-0.05, 0) is 31.9 Å². The molecule has 1 aromatic rings. The van der Waals surface area contributed by atoms with Crippen molar-refractivity contribution in [2.75, 3.05) is 6.54 Å². The van der Waals surface area contributed by atoms with Gasteiger partial charge in [0.05, 0.1) is 12.1 Å². The van der Waals surface area contributed by atoms with E-state index in [0.29, 0.717) is 12.8 Å². The number of amides is 1. The minimum absolute atomic E-state index is 0.205. The lowest BCUT2D eigenvalue weighted by molar-refractivity contribution is 0.0295. The van der Waals surface area contributed by atoms with Crippen molar-refractivity contribution in [3.8, 4) is 0 Å². The van der Waals surface area contributed by atoms with Crippen molar-refractivity contribution in [2.24, 2.45) is 0 Å². The predicted octanol–water partition coefficient (Wildman–Crippen LogP) is 2.04. The standard InChI is InChI=1S/C15H21NO3/c1-14(2,3)19-13(17)16-10-15(18)8-11-6-4-5-7-12(11)9-15/h4-7,18H,8-10H2,1-3H3,(H,16,17). The number of carbonyl (C=O) groups excluding carboxylic acids is 1. The highest BCUT2D eigenvalue weighted by Gasteiger charge is 2.35. The molecule has 0 radical (unpaired) electrons.